The topological polar surface area (TPSA) is 322 Å². The average molecular weight is 1750 g/mol. The Morgan fingerprint density at radius 1 is 0.262 bits per heavy atom. The van der Waals surface area contributed by atoms with Gasteiger partial charge >= 0.3 is 0 Å². The third-order valence-corrected chi connectivity index (χ3v) is 10.8. The molecule has 0 aromatic heterocycles. The Morgan fingerprint density at radius 2 is 0.417 bits per heavy atom. The molecule has 14 nitrogen and oxygen atoms in total. The number of halogens is 8. The van der Waals surface area contributed by atoms with Crippen LogP contribution in [0.2, 0.25) is 0 Å². The first-order valence-electron chi connectivity index (χ1n) is 22.6. The monoisotopic (exact) mass is 1740 g/mol. The van der Waals surface area contributed by atoms with E-state index in [9.17, 15) is 20.4 Å². The molecule has 10 aromatic carbocycles. The SMILES string of the molecule is ClCCl.ClCCl.ClCCl.ClCCl.[O-2].[O-2].[O-2].[O-2].[O-]c1ccc2ccccc2c1C=Nc1ccccc1N=Cc1c([O-])ccc2ccccc12.[O-]c1ccc2ccccc2c1C=Nc1ccccc1N=Cc1c([O-])ccc2ccccc12.[OH3+].[OH3+].[U].[U]. The molecule has 0 spiro atoms. The van der Waals surface area contributed by atoms with Crippen molar-refractivity contribution in [2.45, 2.75) is 0 Å². The molecule has 0 radical (unpaired) electrons. The maximum absolute atomic E-state index is 12.5. The molecule has 0 amide bonds. The van der Waals surface area contributed by atoms with E-state index in [-0.39, 0.29) is 139 Å². The van der Waals surface area contributed by atoms with Gasteiger partial charge in [0, 0.05) is 87.1 Å². The predicted molar refractivity (Wildman–Crippen MR) is 334 cm³/mol. The summed E-state index contributed by atoms with van der Waals surface area (Å²) >= 11 is 38.1. The van der Waals surface area contributed by atoms with E-state index in [1.165, 1.54) is 0 Å². The number of alkyl halides is 8. The minimum Gasteiger partial charge on any atom is -2.00 e. The van der Waals surface area contributed by atoms with Gasteiger partial charge in [0.05, 0.1) is 44.1 Å². The average Bonchev–Trinajstić information content (AvgIpc) is 3.45. The fourth-order valence-corrected chi connectivity index (χ4v) is 7.54. The quantitative estimate of drug-likeness (QED) is 0.0813. The molecular formula is C60H50Cl8N4O10U2-10. The molecular weight excluding hydrogens is 1700 g/mol. The van der Waals surface area contributed by atoms with E-state index >= 15 is 0 Å². The summed E-state index contributed by atoms with van der Waals surface area (Å²) in [5.74, 6) is -0.333. The number of nitrogens with zero attached hydrogens (tertiary/aromatic N) is 4. The number of hydrogen-bond acceptors (Lipinski definition) is 8. The number of para-hydroxylation sites is 4. The largest absolute Gasteiger partial charge is 2.00 e. The normalized spacial score (nSPS) is 9.81. The Bertz CT molecular complexity index is 3150. The maximum atomic E-state index is 12.5. The fourth-order valence-electron chi connectivity index (χ4n) is 7.54. The third-order valence-electron chi connectivity index (χ3n) is 10.8. The van der Waals surface area contributed by atoms with Crippen LogP contribution < -0.4 is 20.4 Å². The van der Waals surface area contributed by atoms with E-state index in [0.29, 0.717) is 45.0 Å². The second kappa shape index (κ2) is 47.5. The third kappa shape index (κ3) is 25.3. The second-order valence-electron chi connectivity index (χ2n) is 15.2. The summed E-state index contributed by atoms with van der Waals surface area (Å²) < 4.78 is 0. The standard InChI is InChI=1S/2C28H20N2O2.4CH2Cl2.2H2O.4O.2U/c2*31-27-15-13-19-7-1-3-9-21(19)23(27)17-29-25-11-5-6-12-26(25)30-18-24-22-10-4-2-8-20(22)14-16-28(24)32;4*2-1-3;;;;;;;;/h2*1-18,31-32H;4*1H2;2*1H2;;;;;;/q;;;;;;;;4*-2;;/p-2. The second-order valence-corrected chi connectivity index (χ2v) is 18.4. The van der Waals surface area contributed by atoms with E-state index in [2.05, 4.69) is 20.0 Å². The van der Waals surface area contributed by atoms with Gasteiger partial charge in [-0.25, -0.2) is 0 Å². The van der Waals surface area contributed by atoms with Crippen molar-refractivity contribution >= 4 is 184 Å². The summed E-state index contributed by atoms with van der Waals surface area (Å²) in [6.45, 7) is 0. The number of aliphatic imine (C=N–C) groups is 4. The van der Waals surface area contributed by atoms with Crippen molar-refractivity contribution in [2.75, 3.05) is 21.4 Å². The fraction of sp³-hybridized carbons (Fsp3) is 0.0667. The van der Waals surface area contributed by atoms with Crippen LogP contribution >= 0.6 is 92.8 Å². The first-order valence-corrected chi connectivity index (χ1v) is 26.9. The van der Waals surface area contributed by atoms with Crippen molar-refractivity contribution in [1.29, 1.82) is 0 Å². The van der Waals surface area contributed by atoms with Crippen LogP contribution in [0.25, 0.3) is 43.1 Å². The molecule has 84 heavy (non-hydrogen) atoms. The van der Waals surface area contributed by atoms with Crippen molar-refractivity contribution in [3.63, 3.8) is 0 Å². The van der Waals surface area contributed by atoms with E-state index in [4.69, 9.17) is 92.8 Å². The van der Waals surface area contributed by atoms with Crippen molar-refractivity contribution in [3.8, 4) is 23.0 Å². The summed E-state index contributed by atoms with van der Waals surface area (Å²) in [6.07, 6.45) is 6.37. The first kappa shape index (κ1) is 85.7. The van der Waals surface area contributed by atoms with Crippen LogP contribution in [-0.4, -0.2) is 46.2 Å². The molecule has 0 aliphatic heterocycles. The zero-order chi connectivity index (χ0) is 54.7. The number of hydrogen-bond donors (Lipinski definition) is 0. The van der Waals surface area contributed by atoms with Crippen LogP contribution in [0.5, 0.6) is 23.0 Å². The zero-order valence-corrected chi connectivity index (χ0v) is 58.2. The summed E-state index contributed by atoms with van der Waals surface area (Å²) in [5.41, 5.74) is 4.62. The first-order chi connectivity index (χ1) is 37.1. The van der Waals surface area contributed by atoms with E-state index in [1.807, 2.05) is 170 Å². The molecule has 0 aliphatic rings. The van der Waals surface area contributed by atoms with Gasteiger partial charge in [-0.2, -0.15) is 0 Å². The van der Waals surface area contributed by atoms with Crippen LogP contribution in [0.3, 0.4) is 0 Å². The Balaban J connectivity index is -0.000000593. The number of rotatable bonds is 8. The maximum Gasteiger partial charge on any atom is 0.0967 e. The Labute approximate surface area is 573 Å². The van der Waals surface area contributed by atoms with Crippen molar-refractivity contribution in [2.24, 2.45) is 20.0 Å². The molecule has 10 rings (SSSR count). The van der Waals surface area contributed by atoms with Crippen LogP contribution in [0, 0.1) is 62.2 Å². The van der Waals surface area contributed by atoms with Gasteiger partial charge in [-0.1, -0.05) is 193 Å². The van der Waals surface area contributed by atoms with E-state index in [1.54, 1.807) is 49.1 Å². The van der Waals surface area contributed by atoms with E-state index in [0.717, 1.165) is 43.1 Å². The molecule has 0 bridgehead atoms. The molecule has 0 atom stereocenters. The summed E-state index contributed by atoms with van der Waals surface area (Å²) in [7, 11) is 0. The molecule has 0 aliphatic carbocycles. The summed E-state index contributed by atoms with van der Waals surface area (Å²) in [6, 6.07) is 59.2. The van der Waals surface area contributed by atoms with E-state index < -0.39 is 0 Å². The Kier molecular flexibility index (Phi) is 48.4. The van der Waals surface area contributed by atoms with Crippen LogP contribution in [0.4, 0.5) is 22.7 Å². The van der Waals surface area contributed by atoms with Crippen molar-refractivity contribution < 1.29 is 116 Å². The molecule has 0 fully saturated rings. The van der Waals surface area contributed by atoms with Crippen molar-refractivity contribution in [1.82, 2.24) is 0 Å². The van der Waals surface area contributed by atoms with Gasteiger partial charge in [0.2, 0.25) is 0 Å². The van der Waals surface area contributed by atoms with Gasteiger partial charge in [-0.05, 0) is 89.6 Å². The molecule has 0 unspecified atom stereocenters. The molecule has 0 saturated carbocycles. The Hall–Kier alpha value is -4.70. The van der Waals surface area contributed by atoms with Crippen molar-refractivity contribution in [3.05, 3.63) is 216 Å². The summed E-state index contributed by atoms with van der Waals surface area (Å²) in [5, 5.41) is 58.0. The van der Waals surface area contributed by atoms with Crippen LogP contribution in [0.1, 0.15) is 22.3 Å². The Morgan fingerprint density at radius 3 is 0.595 bits per heavy atom. The number of benzene rings is 10. The summed E-state index contributed by atoms with van der Waals surface area (Å²) in [4.78, 5) is 18.3. The van der Waals surface area contributed by atoms with Gasteiger partial charge in [0.1, 0.15) is 0 Å². The minimum absolute atomic E-state index is 0. The smallest absolute Gasteiger partial charge is 0.0967 e. The molecule has 10 aromatic rings. The zero-order valence-electron chi connectivity index (χ0n) is 43.8. The van der Waals surface area contributed by atoms with Gasteiger partial charge in [0.15, 0.2) is 0 Å². The van der Waals surface area contributed by atoms with Gasteiger partial charge in [0.25, 0.3) is 0 Å². The van der Waals surface area contributed by atoms with Gasteiger partial charge < -0.3 is 53.3 Å². The molecule has 0 saturated heterocycles. The molecule has 444 valence electrons. The minimum atomic E-state index is -0.0832. The predicted octanol–water partition coefficient (Wildman–Crippen LogP) is 14.6. The van der Waals surface area contributed by atoms with Gasteiger partial charge in [-0.3, -0.25) is 20.0 Å². The number of fused-ring (bicyclic) bond motifs is 4. The van der Waals surface area contributed by atoms with Crippen LogP contribution in [-0.2, 0) is 32.9 Å². The van der Waals surface area contributed by atoms with Gasteiger partial charge in [-0.15, -0.1) is 92.8 Å². The molecule has 6 N–H and O–H groups in total. The van der Waals surface area contributed by atoms with Crippen LogP contribution in [0.15, 0.2) is 214 Å². The molecule has 24 heteroatoms. The molecule has 0 heterocycles.